The van der Waals surface area contributed by atoms with Crippen molar-refractivity contribution in [1.82, 2.24) is 4.83 Å². The monoisotopic (exact) mass is 244 g/mol. The van der Waals surface area contributed by atoms with Crippen LogP contribution in [-0.2, 0) is 10.0 Å². The van der Waals surface area contributed by atoms with Gasteiger partial charge in [-0.1, -0.05) is 6.07 Å². The molecule has 0 saturated heterocycles. The molecule has 0 atom stereocenters. The third-order valence-electron chi connectivity index (χ3n) is 2.10. The molecule has 90 valence electrons. The molecule has 0 heterocycles. The highest BCUT2D eigenvalue weighted by molar-refractivity contribution is 7.88. The largest absolute Gasteiger partial charge is 0.508 e. The Morgan fingerprint density at radius 3 is 2.50 bits per heavy atom. The number of aromatic hydroxyl groups is 1. The van der Waals surface area contributed by atoms with Crippen molar-refractivity contribution in [2.24, 2.45) is 0 Å². The normalized spacial score (nSPS) is 11.4. The van der Waals surface area contributed by atoms with E-state index in [2.05, 4.69) is 4.83 Å². The van der Waals surface area contributed by atoms with E-state index in [-0.39, 0.29) is 5.75 Å². The first-order valence-corrected chi connectivity index (χ1v) is 6.77. The molecule has 1 aromatic rings. The Kier molecular flexibility index (Phi) is 3.77. The highest BCUT2D eigenvalue weighted by atomic mass is 32.2. The summed E-state index contributed by atoms with van der Waals surface area (Å²) in [6.07, 6.45) is 1.09. The maximum absolute atomic E-state index is 11.1. The first-order chi connectivity index (χ1) is 7.33. The van der Waals surface area contributed by atoms with Gasteiger partial charge in [0.25, 0.3) is 0 Å². The molecule has 0 amide bonds. The molecule has 5 nitrogen and oxygen atoms in total. The molecular weight excluding hydrogens is 228 g/mol. The van der Waals surface area contributed by atoms with Crippen LogP contribution in [0.1, 0.15) is 12.5 Å². The molecule has 6 heteroatoms. The quantitative estimate of drug-likeness (QED) is 0.775. The van der Waals surface area contributed by atoms with Gasteiger partial charge in [0.15, 0.2) is 0 Å². The van der Waals surface area contributed by atoms with Crippen molar-refractivity contribution >= 4 is 15.7 Å². The fourth-order valence-corrected chi connectivity index (χ4v) is 1.90. The van der Waals surface area contributed by atoms with E-state index >= 15 is 0 Å². The Morgan fingerprint density at radius 1 is 1.44 bits per heavy atom. The summed E-state index contributed by atoms with van der Waals surface area (Å²) in [4.78, 5) is 2.36. The topological polar surface area (TPSA) is 69.6 Å². The zero-order valence-corrected chi connectivity index (χ0v) is 10.4. The number of aryl methyl sites for hydroxylation is 1. The van der Waals surface area contributed by atoms with Gasteiger partial charge >= 0.3 is 0 Å². The van der Waals surface area contributed by atoms with Gasteiger partial charge in [-0.05, 0) is 25.5 Å². The fourth-order valence-electron chi connectivity index (χ4n) is 1.27. The Labute approximate surface area is 95.7 Å². The van der Waals surface area contributed by atoms with Crippen molar-refractivity contribution in [3.63, 3.8) is 0 Å². The smallest absolute Gasteiger partial charge is 0.225 e. The lowest BCUT2D eigenvalue weighted by atomic mass is 10.2. The van der Waals surface area contributed by atoms with Crippen LogP contribution in [0.15, 0.2) is 18.2 Å². The predicted octanol–water partition coefficient (Wildman–Crippen LogP) is 0.991. The van der Waals surface area contributed by atoms with Crippen molar-refractivity contribution in [2.75, 3.05) is 17.8 Å². The Balaban J connectivity index is 3.00. The minimum Gasteiger partial charge on any atom is -0.508 e. The second-order valence-corrected chi connectivity index (χ2v) is 5.31. The van der Waals surface area contributed by atoms with Gasteiger partial charge in [0.1, 0.15) is 5.75 Å². The summed E-state index contributed by atoms with van der Waals surface area (Å²) < 4.78 is 22.2. The van der Waals surface area contributed by atoms with Crippen LogP contribution in [0.2, 0.25) is 0 Å². The van der Waals surface area contributed by atoms with Gasteiger partial charge in [0, 0.05) is 12.6 Å². The highest BCUT2D eigenvalue weighted by Crippen LogP contribution is 2.23. The molecule has 0 saturated carbocycles. The van der Waals surface area contributed by atoms with Crippen LogP contribution >= 0.6 is 0 Å². The van der Waals surface area contributed by atoms with Crippen molar-refractivity contribution in [2.45, 2.75) is 13.8 Å². The van der Waals surface area contributed by atoms with E-state index in [1.165, 1.54) is 11.1 Å². The zero-order chi connectivity index (χ0) is 12.3. The summed E-state index contributed by atoms with van der Waals surface area (Å²) in [7, 11) is -3.31. The molecule has 0 aliphatic heterocycles. The van der Waals surface area contributed by atoms with Crippen LogP contribution in [0, 0.1) is 6.92 Å². The lowest BCUT2D eigenvalue weighted by molar-refractivity contribution is 0.471. The van der Waals surface area contributed by atoms with Crippen LogP contribution in [0.3, 0.4) is 0 Å². The number of phenols is 1. The molecule has 1 rings (SSSR count). The number of hydrazine groups is 1. The number of nitrogens with one attached hydrogen (secondary N) is 1. The number of anilines is 1. The van der Waals surface area contributed by atoms with Crippen molar-refractivity contribution in [3.05, 3.63) is 23.8 Å². The van der Waals surface area contributed by atoms with E-state index < -0.39 is 10.0 Å². The van der Waals surface area contributed by atoms with Crippen LogP contribution < -0.4 is 9.84 Å². The molecule has 0 unspecified atom stereocenters. The Hall–Kier alpha value is -1.27. The second-order valence-electron chi connectivity index (χ2n) is 3.58. The molecular formula is C10H16N2O3S. The molecule has 0 spiro atoms. The van der Waals surface area contributed by atoms with Crippen molar-refractivity contribution < 1.29 is 13.5 Å². The summed E-state index contributed by atoms with van der Waals surface area (Å²) in [6, 6.07) is 5.00. The summed E-state index contributed by atoms with van der Waals surface area (Å²) in [5.41, 5.74) is 1.36. The van der Waals surface area contributed by atoms with Crippen molar-refractivity contribution in [3.8, 4) is 5.75 Å². The van der Waals surface area contributed by atoms with Crippen molar-refractivity contribution in [1.29, 1.82) is 0 Å². The Bertz CT molecular complexity index is 471. The van der Waals surface area contributed by atoms with E-state index in [1.54, 1.807) is 19.1 Å². The lowest BCUT2D eigenvalue weighted by Gasteiger charge is -2.22. The van der Waals surface area contributed by atoms with Crippen LogP contribution in [0.5, 0.6) is 5.75 Å². The lowest BCUT2D eigenvalue weighted by Crippen LogP contribution is -2.41. The molecule has 0 fully saturated rings. The minimum absolute atomic E-state index is 0.145. The van der Waals surface area contributed by atoms with Gasteiger partial charge in [0.05, 0.1) is 11.9 Å². The van der Waals surface area contributed by atoms with E-state index in [0.29, 0.717) is 12.2 Å². The zero-order valence-electron chi connectivity index (χ0n) is 9.56. The first kappa shape index (κ1) is 12.8. The standard InChI is InChI=1S/C10H16N2O3S/c1-4-12(11-16(3,14)15)9-6-5-8(2)10(13)7-9/h5-7,11,13H,4H2,1-3H3. The number of sulfonamides is 1. The van der Waals surface area contributed by atoms with Gasteiger partial charge in [-0.15, -0.1) is 4.83 Å². The van der Waals surface area contributed by atoms with E-state index in [9.17, 15) is 13.5 Å². The second kappa shape index (κ2) is 4.71. The number of hydrogen-bond acceptors (Lipinski definition) is 4. The fraction of sp³-hybridized carbons (Fsp3) is 0.400. The number of nitrogens with zero attached hydrogens (tertiary/aromatic N) is 1. The van der Waals surface area contributed by atoms with Crippen LogP contribution in [0.4, 0.5) is 5.69 Å². The van der Waals surface area contributed by atoms with Crippen LogP contribution in [0.25, 0.3) is 0 Å². The van der Waals surface area contributed by atoms with E-state index in [4.69, 9.17) is 0 Å². The molecule has 0 aromatic heterocycles. The molecule has 0 aliphatic rings. The minimum atomic E-state index is -3.31. The number of benzene rings is 1. The predicted molar refractivity (Wildman–Crippen MR) is 63.8 cm³/mol. The van der Waals surface area contributed by atoms with Gasteiger partial charge in [-0.25, -0.2) is 8.42 Å². The summed E-state index contributed by atoms with van der Waals surface area (Å²) in [5.74, 6) is 0.145. The van der Waals surface area contributed by atoms with Gasteiger partial charge < -0.3 is 5.11 Å². The third-order valence-corrected chi connectivity index (χ3v) is 2.65. The summed E-state index contributed by atoms with van der Waals surface area (Å²) in [5, 5.41) is 11.0. The Morgan fingerprint density at radius 2 is 2.06 bits per heavy atom. The molecule has 0 bridgehead atoms. The molecule has 0 aliphatic carbocycles. The first-order valence-electron chi connectivity index (χ1n) is 4.88. The van der Waals surface area contributed by atoms with Gasteiger partial charge in [-0.3, -0.25) is 5.01 Å². The third kappa shape index (κ3) is 3.39. The summed E-state index contributed by atoms with van der Waals surface area (Å²) in [6.45, 7) is 4.06. The van der Waals surface area contributed by atoms with Gasteiger partial charge in [0.2, 0.25) is 10.0 Å². The van der Waals surface area contributed by atoms with Gasteiger partial charge in [-0.2, -0.15) is 0 Å². The molecule has 1 aromatic carbocycles. The summed E-state index contributed by atoms with van der Waals surface area (Å²) >= 11 is 0. The van der Waals surface area contributed by atoms with Crippen LogP contribution in [-0.4, -0.2) is 26.3 Å². The van der Waals surface area contributed by atoms with E-state index in [1.807, 2.05) is 6.92 Å². The number of rotatable bonds is 4. The average molecular weight is 244 g/mol. The highest BCUT2D eigenvalue weighted by Gasteiger charge is 2.10. The van der Waals surface area contributed by atoms with E-state index in [0.717, 1.165) is 11.8 Å². The maximum atomic E-state index is 11.1. The molecule has 16 heavy (non-hydrogen) atoms. The SMILES string of the molecule is CCN(NS(C)(=O)=O)c1ccc(C)c(O)c1. The molecule has 0 radical (unpaired) electrons. The molecule has 2 N–H and O–H groups in total. The maximum Gasteiger partial charge on any atom is 0.225 e. The number of hydrogen-bond donors (Lipinski definition) is 2. The number of phenolic OH excluding ortho intramolecular Hbond substituents is 1. The average Bonchev–Trinajstić information content (AvgIpc) is 2.17.